The van der Waals surface area contributed by atoms with Gasteiger partial charge in [-0.25, -0.2) is 0 Å². The zero-order valence-electron chi connectivity index (χ0n) is 39.9. The van der Waals surface area contributed by atoms with Gasteiger partial charge >= 0.3 is 11.9 Å². The SMILES string of the molecule is CCCCCCCCCCCCN(CCC)CCCCCCCCCC(=O)OCCOC(=O)CCCCCCCCCN(CCCCCCCCCCCC)CCN=O. The van der Waals surface area contributed by atoms with E-state index >= 15 is 0 Å². The minimum absolute atomic E-state index is 0.151. The molecule has 0 rings (SSSR count). The summed E-state index contributed by atoms with van der Waals surface area (Å²) in [5.41, 5.74) is 0. The van der Waals surface area contributed by atoms with Crippen molar-refractivity contribution in [2.75, 3.05) is 59.0 Å². The molecule has 0 aromatic carbocycles. The van der Waals surface area contributed by atoms with Gasteiger partial charge in [-0.2, -0.15) is 4.91 Å². The van der Waals surface area contributed by atoms with Gasteiger partial charge in [0.1, 0.15) is 13.2 Å². The first-order valence-corrected chi connectivity index (χ1v) is 26.1. The third kappa shape index (κ3) is 45.8. The summed E-state index contributed by atoms with van der Waals surface area (Å²) in [6.07, 6.45) is 45.7. The molecule has 0 aliphatic carbocycles. The zero-order chi connectivity index (χ0) is 43.0. The summed E-state index contributed by atoms with van der Waals surface area (Å²) in [5.74, 6) is -0.375. The van der Waals surface area contributed by atoms with Gasteiger partial charge in [0.2, 0.25) is 0 Å². The maximum atomic E-state index is 12.1. The van der Waals surface area contributed by atoms with Gasteiger partial charge in [-0.3, -0.25) is 9.59 Å². The molecule has 0 N–H and O–H groups in total. The number of hydrogen-bond acceptors (Lipinski definition) is 8. The van der Waals surface area contributed by atoms with Crippen LogP contribution in [0, 0.1) is 4.91 Å². The van der Waals surface area contributed by atoms with E-state index in [-0.39, 0.29) is 25.2 Å². The largest absolute Gasteiger partial charge is 0.462 e. The number of esters is 2. The lowest BCUT2D eigenvalue weighted by Crippen LogP contribution is -2.28. The molecule has 0 spiro atoms. The van der Waals surface area contributed by atoms with E-state index in [9.17, 15) is 14.5 Å². The molecule has 59 heavy (non-hydrogen) atoms. The van der Waals surface area contributed by atoms with Gasteiger partial charge in [0.25, 0.3) is 0 Å². The first kappa shape index (κ1) is 57.5. The van der Waals surface area contributed by atoms with Gasteiger partial charge in [-0.1, -0.05) is 206 Å². The topological polar surface area (TPSA) is 88.5 Å². The van der Waals surface area contributed by atoms with Crippen molar-refractivity contribution in [1.82, 2.24) is 9.80 Å². The summed E-state index contributed by atoms with van der Waals surface area (Å²) in [7, 11) is 0. The molecule has 8 nitrogen and oxygen atoms in total. The molecule has 0 saturated carbocycles. The summed E-state index contributed by atoms with van der Waals surface area (Å²) in [6.45, 7) is 14.3. The van der Waals surface area contributed by atoms with Crippen molar-refractivity contribution in [2.24, 2.45) is 5.18 Å². The van der Waals surface area contributed by atoms with Gasteiger partial charge in [-0.15, -0.1) is 0 Å². The van der Waals surface area contributed by atoms with Crippen molar-refractivity contribution >= 4 is 11.9 Å². The molecule has 350 valence electrons. The fourth-order valence-corrected chi connectivity index (χ4v) is 8.25. The van der Waals surface area contributed by atoms with Crippen LogP contribution in [0.5, 0.6) is 0 Å². The number of ether oxygens (including phenoxy) is 2. The van der Waals surface area contributed by atoms with E-state index < -0.39 is 0 Å². The van der Waals surface area contributed by atoms with Crippen molar-refractivity contribution in [3.8, 4) is 0 Å². The Morgan fingerprint density at radius 1 is 0.339 bits per heavy atom. The fraction of sp³-hybridized carbons (Fsp3) is 0.961. The second kappa shape index (κ2) is 49.1. The van der Waals surface area contributed by atoms with E-state index in [1.807, 2.05) is 0 Å². The second-order valence-corrected chi connectivity index (χ2v) is 17.8. The molecule has 0 radical (unpaired) electrons. The van der Waals surface area contributed by atoms with E-state index in [4.69, 9.17) is 9.47 Å². The minimum Gasteiger partial charge on any atom is -0.462 e. The van der Waals surface area contributed by atoms with Gasteiger partial charge in [0, 0.05) is 19.4 Å². The van der Waals surface area contributed by atoms with Gasteiger partial charge in [0.15, 0.2) is 0 Å². The highest BCUT2D eigenvalue weighted by atomic mass is 16.6. The normalized spacial score (nSPS) is 11.5. The average molecular weight is 836 g/mol. The molecule has 0 aliphatic heterocycles. The molecule has 0 fully saturated rings. The number of rotatable bonds is 50. The summed E-state index contributed by atoms with van der Waals surface area (Å²) in [4.78, 5) is 40.0. The molecule has 0 aromatic heterocycles. The highest BCUT2D eigenvalue weighted by molar-refractivity contribution is 5.70. The summed E-state index contributed by atoms with van der Waals surface area (Å²) < 4.78 is 10.6. The molecule has 0 saturated heterocycles. The monoisotopic (exact) mass is 836 g/mol. The van der Waals surface area contributed by atoms with Gasteiger partial charge in [0.05, 0.1) is 6.54 Å². The maximum Gasteiger partial charge on any atom is 0.305 e. The van der Waals surface area contributed by atoms with E-state index in [2.05, 4.69) is 35.7 Å². The first-order valence-electron chi connectivity index (χ1n) is 26.1. The Hall–Kier alpha value is -1.54. The number of carbonyl (C=O) groups excluding carboxylic acids is 2. The molecule has 0 amide bonds. The Morgan fingerprint density at radius 3 is 0.898 bits per heavy atom. The van der Waals surface area contributed by atoms with Crippen LogP contribution in [0.25, 0.3) is 0 Å². The van der Waals surface area contributed by atoms with Crippen LogP contribution in [-0.4, -0.2) is 80.8 Å². The highest BCUT2D eigenvalue weighted by Gasteiger charge is 2.08. The number of hydrogen-bond donors (Lipinski definition) is 0. The average Bonchev–Trinajstić information content (AvgIpc) is 3.23. The molecule has 0 unspecified atom stereocenters. The van der Waals surface area contributed by atoms with Crippen LogP contribution in [0.3, 0.4) is 0 Å². The number of unbranched alkanes of at least 4 members (excludes halogenated alkanes) is 30. The van der Waals surface area contributed by atoms with Crippen molar-refractivity contribution in [2.45, 2.75) is 258 Å². The number of nitroso groups, excluding NO2 is 1. The standard InChI is InChI=1S/C51H101N3O5/c1-4-7-9-11-13-15-17-23-29-35-43-53(42-6-3)44-36-30-25-19-21-27-33-39-50(55)58-48-49-59-51(56)40-34-28-22-20-26-32-38-46-54(47-41-52-57)45-37-31-24-18-16-14-12-10-8-5-2/h4-49H2,1-3H3. The first-order chi connectivity index (χ1) is 29.1. The number of nitrogens with zero attached hydrogens (tertiary/aromatic N) is 3. The van der Waals surface area contributed by atoms with Crippen LogP contribution < -0.4 is 0 Å². The third-order valence-corrected chi connectivity index (χ3v) is 12.0. The molecular formula is C51H101N3O5. The van der Waals surface area contributed by atoms with Crippen LogP contribution in [-0.2, 0) is 19.1 Å². The smallest absolute Gasteiger partial charge is 0.305 e. The van der Waals surface area contributed by atoms with E-state index in [1.165, 1.54) is 212 Å². The van der Waals surface area contributed by atoms with E-state index in [1.54, 1.807) is 0 Å². The van der Waals surface area contributed by atoms with Crippen LogP contribution >= 0.6 is 0 Å². The summed E-state index contributed by atoms with van der Waals surface area (Å²) in [5, 5.41) is 3.10. The van der Waals surface area contributed by atoms with Crippen LogP contribution in [0.2, 0.25) is 0 Å². The molecule has 0 bridgehead atoms. The number of carbonyl (C=O) groups is 2. The quantitative estimate of drug-likeness (QED) is 0.0342. The lowest BCUT2D eigenvalue weighted by atomic mass is 10.1. The Bertz CT molecular complexity index is 874. The maximum absolute atomic E-state index is 12.1. The molecule has 0 atom stereocenters. The van der Waals surface area contributed by atoms with Crippen LogP contribution in [0.1, 0.15) is 258 Å². The van der Waals surface area contributed by atoms with Crippen LogP contribution in [0.4, 0.5) is 0 Å². The fourth-order valence-electron chi connectivity index (χ4n) is 8.25. The van der Waals surface area contributed by atoms with Crippen LogP contribution in [0.15, 0.2) is 5.18 Å². The van der Waals surface area contributed by atoms with Crippen molar-refractivity contribution in [1.29, 1.82) is 0 Å². The molecular weight excluding hydrogens is 735 g/mol. The Balaban J connectivity index is 3.62. The zero-order valence-corrected chi connectivity index (χ0v) is 39.9. The van der Waals surface area contributed by atoms with Gasteiger partial charge < -0.3 is 19.3 Å². The summed E-state index contributed by atoms with van der Waals surface area (Å²) in [6, 6.07) is 0. The highest BCUT2D eigenvalue weighted by Crippen LogP contribution is 2.15. The molecule has 0 aliphatic rings. The third-order valence-electron chi connectivity index (χ3n) is 12.0. The Morgan fingerprint density at radius 2 is 0.610 bits per heavy atom. The predicted molar refractivity (Wildman–Crippen MR) is 253 cm³/mol. The minimum atomic E-state index is -0.194. The second-order valence-electron chi connectivity index (χ2n) is 17.8. The molecule has 0 aromatic rings. The molecule has 8 heteroatoms. The van der Waals surface area contributed by atoms with E-state index in [0.717, 1.165) is 51.7 Å². The Kier molecular flexibility index (Phi) is 47.8. The van der Waals surface area contributed by atoms with E-state index in [0.29, 0.717) is 19.4 Å². The predicted octanol–water partition coefficient (Wildman–Crippen LogP) is 14.9. The lowest BCUT2D eigenvalue weighted by Gasteiger charge is -2.21. The lowest BCUT2D eigenvalue weighted by molar-refractivity contribution is -0.152. The molecule has 0 heterocycles. The van der Waals surface area contributed by atoms with Crippen molar-refractivity contribution in [3.05, 3.63) is 4.91 Å². The Labute approximate surface area is 367 Å². The van der Waals surface area contributed by atoms with Crippen molar-refractivity contribution in [3.63, 3.8) is 0 Å². The van der Waals surface area contributed by atoms with Crippen molar-refractivity contribution < 1.29 is 19.1 Å². The summed E-state index contributed by atoms with van der Waals surface area (Å²) >= 11 is 0. The van der Waals surface area contributed by atoms with Gasteiger partial charge in [-0.05, 0) is 77.7 Å².